The second-order valence-corrected chi connectivity index (χ2v) is 9.36. The van der Waals surface area contributed by atoms with Gasteiger partial charge in [-0.3, -0.25) is 24.6 Å². The molecule has 0 bridgehead atoms. The quantitative estimate of drug-likeness (QED) is 0.585. The van der Waals surface area contributed by atoms with Crippen molar-refractivity contribution in [2.24, 2.45) is 11.8 Å². The fourth-order valence-electron chi connectivity index (χ4n) is 5.85. The number of rotatable bonds is 4. The molecule has 2 aromatic rings. The molecule has 3 amide bonds. The fourth-order valence-corrected chi connectivity index (χ4v) is 5.85. The van der Waals surface area contributed by atoms with E-state index in [1.165, 1.54) is 4.90 Å². The topological polar surface area (TPSA) is 117 Å². The van der Waals surface area contributed by atoms with E-state index in [1.54, 1.807) is 25.1 Å². The van der Waals surface area contributed by atoms with Gasteiger partial charge in [0.1, 0.15) is 5.54 Å². The van der Waals surface area contributed by atoms with Crippen molar-refractivity contribution in [3.63, 3.8) is 0 Å². The second kappa shape index (κ2) is 7.28. The summed E-state index contributed by atoms with van der Waals surface area (Å²) in [4.78, 5) is 42.1. The normalized spacial score (nSPS) is 29.6. The van der Waals surface area contributed by atoms with Crippen molar-refractivity contribution in [2.45, 2.75) is 44.5 Å². The van der Waals surface area contributed by atoms with E-state index in [9.17, 15) is 19.5 Å². The van der Waals surface area contributed by atoms with Gasteiger partial charge in [0.25, 0.3) is 0 Å². The summed E-state index contributed by atoms with van der Waals surface area (Å²) in [6.45, 7) is 3.76. The zero-order valence-corrected chi connectivity index (χ0v) is 18.8. The Morgan fingerprint density at radius 2 is 1.85 bits per heavy atom. The lowest BCUT2D eigenvalue weighted by Gasteiger charge is -2.30. The van der Waals surface area contributed by atoms with E-state index in [2.05, 4.69) is 10.6 Å². The number of carbonyl (C=O) groups excluding carboxylic acids is 3. The van der Waals surface area contributed by atoms with Crippen LogP contribution in [0.1, 0.15) is 30.5 Å². The molecular weight excluding hydrogens is 438 g/mol. The number of hydrogen-bond donors (Lipinski definition) is 3. The summed E-state index contributed by atoms with van der Waals surface area (Å²) in [6, 6.07) is 10.2. The molecule has 0 unspecified atom stereocenters. The maximum absolute atomic E-state index is 13.8. The van der Waals surface area contributed by atoms with E-state index >= 15 is 0 Å². The number of anilines is 1. The van der Waals surface area contributed by atoms with Crippen LogP contribution in [-0.4, -0.2) is 46.7 Å². The highest BCUT2D eigenvalue weighted by Crippen LogP contribution is 2.53. The zero-order valence-electron chi connectivity index (χ0n) is 18.8. The number of fused-ring (bicyclic) bond motifs is 5. The number of aliphatic hydroxyl groups is 1. The lowest BCUT2D eigenvalue weighted by molar-refractivity contribution is -0.143. The van der Waals surface area contributed by atoms with Crippen LogP contribution in [0.4, 0.5) is 5.69 Å². The van der Waals surface area contributed by atoms with E-state index in [4.69, 9.17) is 9.47 Å². The number of aryl methyl sites for hydroxylation is 1. The molecule has 4 aliphatic rings. The van der Waals surface area contributed by atoms with Crippen molar-refractivity contribution >= 4 is 23.4 Å². The third kappa shape index (κ3) is 2.71. The first-order valence-electron chi connectivity index (χ1n) is 11.5. The van der Waals surface area contributed by atoms with Gasteiger partial charge in [0.2, 0.25) is 24.5 Å². The molecule has 4 aliphatic heterocycles. The number of likely N-dealkylation sites (tertiary alicyclic amines) is 1. The Balaban J connectivity index is 1.42. The van der Waals surface area contributed by atoms with Crippen molar-refractivity contribution in [1.82, 2.24) is 10.2 Å². The van der Waals surface area contributed by atoms with Crippen LogP contribution >= 0.6 is 0 Å². The average molecular weight is 463 g/mol. The minimum atomic E-state index is -1.41. The highest BCUT2D eigenvalue weighted by Gasteiger charge is 2.71. The molecular formula is C25H25N3O6. The van der Waals surface area contributed by atoms with E-state index in [1.807, 2.05) is 25.1 Å². The SMILES string of the molecule is CCc1ccc2c(c1)[C@]1(N[C@@H]([C@@H](C)O)[C@H]3C(=O)N(Cc4ccc5c(c4)OCO5)C(=O)[C@@H]31)C(=O)N2. The third-order valence-electron chi connectivity index (χ3n) is 7.51. The Morgan fingerprint density at radius 1 is 1.09 bits per heavy atom. The van der Waals surface area contributed by atoms with Gasteiger partial charge in [-0.2, -0.15) is 0 Å². The summed E-state index contributed by atoms with van der Waals surface area (Å²) in [5, 5.41) is 16.7. The highest BCUT2D eigenvalue weighted by atomic mass is 16.7. The molecule has 5 atom stereocenters. The predicted octanol–water partition coefficient (Wildman–Crippen LogP) is 1.28. The molecule has 2 saturated heterocycles. The van der Waals surface area contributed by atoms with Crippen molar-refractivity contribution in [3.8, 4) is 11.5 Å². The standard InChI is InChI=1S/C25H25N3O6/c1-3-13-4-6-16-15(8-13)25(24(32)26-16)20-19(21(27-25)12(2)29)22(30)28(23(20)31)10-14-5-7-17-18(9-14)34-11-33-17/h4-9,12,19-21,27,29H,3,10-11H2,1-2H3,(H,26,32)/t12-,19+,20-,21+,25-/m1/s1. The molecule has 6 rings (SSSR count). The summed E-state index contributed by atoms with van der Waals surface area (Å²) < 4.78 is 10.8. The van der Waals surface area contributed by atoms with Crippen molar-refractivity contribution in [1.29, 1.82) is 0 Å². The van der Waals surface area contributed by atoms with Crippen molar-refractivity contribution < 1.29 is 29.0 Å². The molecule has 0 saturated carbocycles. The van der Waals surface area contributed by atoms with Gasteiger partial charge < -0.3 is 19.9 Å². The maximum atomic E-state index is 13.8. The van der Waals surface area contributed by atoms with Crippen LogP contribution in [0.25, 0.3) is 0 Å². The molecule has 0 radical (unpaired) electrons. The number of benzene rings is 2. The lowest BCUT2D eigenvalue weighted by atomic mass is 9.76. The van der Waals surface area contributed by atoms with Crippen molar-refractivity contribution in [3.05, 3.63) is 53.1 Å². The van der Waals surface area contributed by atoms with E-state index in [0.717, 1.165) is 12.0 Å². The number of aliphatic hydroxyl groups excluding tert-OH is 1. The monoisotopic (exact) mass is 463 g/mol. The number of ether oxygens (including phenoxy) is 2. The number of hydrogen-bond acceptors (Lipinski definition) is 7. The van der Waals surface area contributed by atoms with Gasteiger partial charge in [-0.05, 0) is 42.7 Å². The Morgan fingerprint density at radius 3 is 2.62 bits per heavy atom. The second-order valence-electron chi connectivity index (χ2n) is 9.36. The lowest BCUT2D eigenvalue weighted by Crippen LogP contribution is -2.54. The first-order chi connectivity index (χ1) is 16.3. The third-order valence-corrected chi connectivity index (χ3v) is 7.51. The van der Waals surface area contributed by atoms with E-state index < -0.39 is 41.3 Å². The number of carbonyl (C=O) groups is 3. The van der Waals surface area contributed by atoms with Crippen LogP contribution in [0, 0.1) is 11.8 Å². The van der Waals surface area contributed by atoms with Crippen LogP contribution < -0.4 is 20.1 Å². The Hall–Kier alpha value is -3.43. The molecule has 0 aromatic heterocycles. The van der Waals surface area contributed by atoms with Crippen LogP contribution in [-0.2, 0) is 32.9 Å². The number of imide groups is 1. The minimum Gasteiger partial charge on any atom is -0.454 e. The Labute approximate surface area is 196 Å². The van der Waals surface area contributed by atoms with Gasteiger partial charge in [-0.1, -0.05) is 25.1 Å². The summed E-state index contributed by atoms with van der Waals surface area (Å²) in [5.74, 6) is -1.83. The molecule has 34 heavy (non-hydrogen) atoms. The number of nitrogens with one attached hydrogen (secondary N) is 2. The number of nitrogens with zero attached hydrogens (tertiary/aromatic N) is 1. The Kier molecular flexibility index (Phi) is 4.53. The first kappa shape index (κ1) is 21.1. The largest absolute Gasteiger partial charge is 0.454 e. The van der Waals surface area contributed by atoms with E-state index in [-0.39, 0.29) is 19.2 Å². The van der Waals surface area contributed by atoms with Gasteiger partial charge in [-0.15, -0.1) is 0 Å². The molecule has 2 aromatic carbocycles. The summed E-state index contributed by atoms with van der Waals surface area (Å²) in [5.41, 5.74) is 1.59. The van der Waals surface area contributed by atoms with Crippen LogP contribution in [0.2, 0.25) is 0 Å². The molecule has 2 fully saturated rings. The maximum Gasteiger partial charge on any atom is 0.250 e. The van der Waals surface area contributed by atoms with Crippen molar-refractivity contribution in [2.75, 3.05) is 12.1 Å². The summed E-state index contributed by atoms with van der Waals surface area (Å²) in [6.07, 6.45) is -0.186. The average Bonchev–Trinajstić information content (AvgIpc) is 3.55. The van der Waals surface area contributed by atoms with Gasteiger partial charge in [-0.25, -0.2) is 0 Å². The van der Waals surface area contributed by atoms with E-state index in [0.29, 0.717) is 28.3 Å². The first-order valence-corrected chi connectivity index (χ1v) is 11.5. The fraction of sp³-hybridized carbons (Fsp3) is 0.400. The predicted molar refractivity (Wildman–Crippen MR) is 120 cm³/mol. The zero-order chi connectivity index (χ0) is 23.8. The molecule has 0 aliphatic carbocycles. The molecule has 176 valence electrons. The van der Waals surface area contributed by atoms with Crippen LogP contribution in [0.15, 0.2) is 36.4 Å². The molecule has 9 nitrogen and oxygen atoms in total. The van der Waals surface area contributed by atoms with Gasteiger partial charge in [0.15, 0.2) is 11.5 Å². The van der Waals surface area contributed by atoms with Crippen LogP contribution in [0.3, 0.4) is 0 Å². The summed E-state index contributed by atoms with van der Waals surface area (Å²) >= 11 is 0. The summed E-state index contributed by atoms with van der Waals surface area (Å²) in [7, 11) is 0. The smallest absolute Gasteiger partial charge is 0.250 e. The van der Waals surface area contributed by atoms with Gasteiger partial charge in [0.05, 0.1) is 24.5 Å². The Bertz CT molecular complexity index is 1240. The molecule has 1 spiro atoms. The molecule has 3 N–H and O–H groups in total. The number of amides is 3. The highest BCUT2D eigenvalue weighted by molar-refractivity contribution is 6.15. The van der Waals surface area contributed by atoms with Gasteiger partial charge >= 0.3 is 0 Å². The van der Waals surface area contributed by atoms with Crippen LogP contribution in [0.5, 0.6) is 11.5 Å². The minimum absolute atomic E-state index is 0.0490. The molecule has 4 heterocycles. The van der Waals surface area contributed by atoms with Gasteiger partial charge in [0, 0.05) is 17.3 Å². The molecule has 9 heteroatoms.